The maximum absolute atomic E-state index is 12.3. The van der Waals surface area contributed by atoms with Crippen LogP contribution in [0.4, 0.5) is 0 Å². The maximum atomic E-state index is 12.3. The largest absolute Gasteiger partial charge is 0.497 e. The summed E-state index contributed by atoms with van der Waals surface area (Å²) in [5.41, 5.74) is 2.79. The van der Waals surface area contributed by atoms with Crippen molar-refractivity contribution in [3.63, 3.8) is 0 Å². The molecule has 0 atom stereocenters. The second-order valence-electron chi connectivity index (χ2n) is 6.61. The smallest absolute Gasteiger partial charge is 0.338 e. The third kappa shape index (κ3) is 4.75. The lowest BCUT2D eigenvalue weighted by Crippen LogP contribution is -2.15. The SMILES string of the molecule is CCC(C)(C)c1ccc(COC(=O)c2cc(OC)cc(OC)c2)cc1. The summed E-state index contributed by atoms with van der Waals surface area (Å²) in [4.78, 5) is 12.3. The molecule has 0 amide bonds. The zero-order chi connectivity index (χ0) is 18.4. The third-order valence-corrected chi connectivity index (χ3v) is 4.58. The Hall–Kier alpha value is -2.49. The number of methoxy groups -OCH3 is 2. The van der Waals surface area contributed by atoms with Gasteiger partial charge in [-0.3, -0.25) is 0 Å². The van der Waals surface area contributed by atoms with Crippen molar-refractivity contribution in [2.75, 3.05) is 14.2 Å². The summed E-state index contributed by atoms with van der Waals surface area (Å²) in [7, 11) is 3.09. The summed E-state index contributed by atoms with van der Waals surface area (Å²) in [6.45, 7) is 6.85. The summed E-state index contributed by atoms with van der Waals surface area (Å²) < 4.78 is 15.8. The number of carbonyl (C=O) groups excluding carboxylic acids is 1. The second-order valence-corrected chi connectivity index (χ2v) is 6.61. The standard InChI is InChI=1S/C21H26O4/c1-6-21(2,3)17-9-7-15(8-10-17)14-25-20(22)16-11-18(23-4)13-19(12-16)24-5/h7-13H,6,14H2,1-5H3. The van der Waals surface area contributed by atoms with Gasteiger partial charge in [0.2, 0.25) is 0 Å². The van der Waals surface area contributed by atoms with Crippen molar-refractivity contribution < 1.29 is 19.0 Å². The Balaban J connectivity index is 2.05. The van der Waals surface area contributed by atoms with Crippen LogP contribution in [0.1, 0.15) is 48.7 Å². The number of hydrogen-bond acceptors (Lipinski definition) is 4. The van der Waals surface area contributed by atoms with E-state index in [-0.39, 0.29) is 12.0 Å². The first kappa shape index (κ1) is 18.8. The van der Waals surface area contributed by atoms with E-state index in [1.54, 1.807) is 32.4 Å². The molecule has 0 saturated carbocycles. The van der Waals surface area contributed by atoms with Crippen LogP contribution >= 0.6 is 0 Å². The molecule has 0 bridgehead atoms. The van der Waals surface area contributed by atoms with Crippen LogP contribution in [0.5, 0.6) is 11.5 Å². The molecule has 2 aromatic rings. The molecule has 2 aromatic carbocycles. The maximum Gasteiger partial charge on any atom is 0.338 e. The van der Waals surface area contributed by atoms with Crippen molar-refractivity contribution >= 4 is 5.97 Å². The van der Waals surface area contributed by atoms with Crippen molar-refractivity contribution in [2.24, 2.45) is 0 Å². The quantitative estimate of drug-likeness (QED) is 0.681. The predicted octanol–water partition coefficient (Wildman–Crippen LogP) is 4.75. The number of rotatable bonds is 7. The minimum absolute atomic E-state index is 0.145. The molecule has 0 spiro atoms. The van der Waals surface area contributed by atoms with E-state index in [0.29, 0.717) is 17.1 Å². The van der Waals surface area contributed by atoms with Gasteiger partial charge in [-0.1, -0.05) is 45.0 Å². The fraction of sp³-hybridized carbons (Fsp3) is 0.381. The van der Waals surface area contributed by atoms with Gasteiger partial charge >= 0.3 is 5.97 Å². The van der Waals surface area contributed by atoms with Gasteiger partial charge in [-0.05, 0) is 35.1 Å². The highest BCUT2D eigenvalue weighted by atomic mass is 16.5. The van der Waals surface area contributed by atoms with E-state index in [4.69, 9.17) is 14.2 Å². The van der Waals surface area contributed by atoms with E-state index in [1.165, 1.54) is 5.56 Å². The van der Waals surface area contributed by atoms with Crippen LogP contribution in [-0.2, 0) is 16.8 Å². The normalized spacial score (nSPS) is 11.1. The first-order valence-corrected chi connectivity index (χ1v) is 8.39. The minimum Gasteiger partial charge on any atom is -0.497 e. The van der Waals surface area contributed by atoms with Crippen LogP contribution in [0.15, 0.2) is 42.5 Å². The molecular weight excluding hydrogens is 316 g/mol. The molecule has 4 nitrogen and oxygen atoms in total. The lowest BCUT2D eigenvalue weighted by Gasteiger charge is -2.23. The zero-order valence-corrected chi connectivity index (χ0v) is 15.6. The van der Waals surface area contributed by atoms with Crippen molar-refractivity contribution in [1.82, 2.24) is 0 Å². The average Bonchev–Trinajstić information content (AvgIpc) is 2.65. The first-order chi connectivity index (χ1) is 11.9. The zero-order valence-electron chi connectivity index (χ0n) is 15.6. The fourth-order valence-corrected chi connectivity index (χ4v) is 2.41. The Morgan fingerprint density at radius 1 is 0.960 bits per heavy atom. The molecule has 0 aliphatic heterocycles. The molecule has 2 rings (SSSR count). The van der Waals surface area contributed by atoms with Crippen LogP contribution in [0.2, 0.25) is 0 Å². The highest BCUT2D eigenvalue weighted by Gasteiger charge is 2.17. The molecule has 0 radical (unpaired) electrons. The van der Waals surface area contributed by atoms with E-state index < -0.39 is 5.97 Å². The van der Waals surface area contributed by atoms with E-state index >= 15 is 0 Å². The Morgan fingerprint density at radius 3 is 2.00 bits per heavy atom. The van der Waals surface area contributed by atoms with E-state index in [2.05, 4.69) is 32.9 Å². The molecule has 4 heteroatoms. The summed E-state index contributed by atoms with van der Waals surface area (Å²) in [5, 5.41) is 0. The van der Waals surface area contributed by atoms with Gasteiger partial charge in [0.25, 0.3) is 0 Å². The molecule has 0 N–H and O–H groups in total. The van der Waals surface area contributed by atoms with Crippen LogP contribution in [0, 0.1) is 0 Å². The van der Waals surface area contributed by atoms with E-state index in [9.17, 15) is 4.79 Å². The molecule has 0 aromatic heterocycles. The van der Waals surface area contributed by atoms with Crippen LogP contribution in [0.3, 0.4) is 0 Å². The van der Waals surface area contributed by atoms with Gasteiger partial charge in [0.05, 0.1) is 19.8 Å². The predicted molar refractivity (Wildman–Crippen MR) is 98.4 cm³/mol. The van der Waals surface area contributed by atoms with Crippen LogP contribution < -0.4 is 9.47 Å². The van der Waals surface area contributed by atoms with Crippen LogP contribution in [-0.4, -0.2) is 20.2 Å². The summed E-state index contributed by atoms with van der Waals surface area (Å²) in [6, 6.07) is 13.2. The molecule has 0 unspecified atom stereocenters. The fourth-order valence-electron chi connectivity index (χ4n) is 2.41. The molecule has 25 heavy (non-hydrogen) atoms. The van der Waals surface area contributed by atoms with Gasteiger partial charge in [0.15, 0.2) is 0 Å². The summed E-state index contributed by atoms with van der Waals surface area (Å²) in [5.74, 6) is 0.699. The molecule has 0 aliphatic rings. The van der Waals surface area contributed by atoms with Crippen molar-refractivity contribution in [1.29, 1.82) is 0 Å². The Morgan fingerprint density at radius 2 is 1.52 bits per heavy atom. The van der Waals surface area contributed by atoms with Crippen molar-refractivity contribution in [3.05, 3.63) is 59.2 Å². The van der Waals surface area contributed by atoms with Gasteiger partial charge in [0, 0.05) is 6.07 Å². The van der Waals surface area contributed by atoms with Gasteiger partial charge in [-0.25, -0.2) is 4.79 Å². The number of carbonyl (C=O) groups is 1. The number of hydrogen-bond donors (Lipinski definition) is 0. The molecule has 0 fully saturated rings. The topological polar surface area (TPSA) is 44.8 Å². The van der Waals surface area contributed by atoms with E-state index in [1.807, 2.05) is 12.1 Å². The summed E-state index contributed by atoms with van der Waals surface area (Å²) >= 11 is 0. The van der Waals surface area contributed by atoms with Crippen molar-refractivity contribution in [2.45, 2.75) is 39.2 Å². The average molecular weight is 342 g/mol. The Kier molecular flexibility index (Phi) is 6.07. The summed E-state index contributed by atoms with van der Waals surface area (Å²) in [6.07, 6.45) is 1.07. The third-order valence-electron chi connectivity index (χ3n) is 4.58. The molecular formula is C21H26O4. The van der Waals surface area contributed by atoms with E-state index in [0.717, 1.165) is 12.0 Å². The number of esters is 1. The van der Waals surface area contributed by atoms with Crippen LogP contribution in [0.25, 0.3) is 0 Å². The molecule has 0 aliphatic carbocycles. The molecule has 134 valence electrons. The number of ether oxygens (including phenoxy) is 3. The highest BCUT2D eigenvalue weighted by molar-refractivity contribution is 5.90. The molecule has 0 heterocycles. The Bertz CT molecular complexity index is 695. The van der Waals surface area contributed by atoms with Gasteiger partial charge in [0.1, 0.15) is 18.1 Å². The molecule has 0 saturated heterocycles. The van der Waals surface area contributed by atoms with Gasteiger partial charge < -0.3 is 14.2 Å². The highest BCUT2D eigenvalue weighted by Crippen LogP contribution is 2.27. The van der Waals surface area contributed by atoms with Gasteiger partial charge in [-0.2, -0.15) is 0 Å². The monoisotopic (exact) mass is 342 g/mol. The Labute approximate surface area is 149 Å². The van der Waals surface area contributed by atoms with Gasteiger partial charge in [-0.15, -0.1) is 0 Å². The van der Waals surface area contributed by atoms with Crippen molar-refractivity contribution in [3.8, 4) is 11.5 Å². The lowest BCUT2D eigenvalue weighted by atomic mass is 9.82. The number of benzene rings is 2. The second kappa shape index (κ2) is 8.06. The lowest BCUT2D eigenvalue weighted by molar-refractivity contribution is 0.0472. The first-order valence-electron chi connectivity index (χ1n) is 8.39. The minimum atomic E-state index is -0.407.